The maximum absolute atomic E-state index is 12.8. The summed E-state index contributed by atoms with van der Waals surface area (Å²) in [5.41, 5.74) is 0. The van der Waals surface area contributed by atoms with Crippen molar-refractivity contribution in [2.45, 2.75) is 258 Å². The molecule has 0 rings (SSSR count). The first-order valence-corrected chi connectivity index (χ1v) is 26.4. The Morgan fingerprint density at radius 2 is 0.619 bits per heavy atom. The van der Waals surface area contributed by atoms with Crippen LogP contribution < -0.4 is 0 Å². The molecule has 0 aliphatic carbocycles. The van der Waals surface area contributed by atoms with Crippen LogP contribution in [0.5, 0.6) is 0 Å². The molecule has 6 nitrogen and oxygen atoms in total. The summed E-state index contributed by atoms with van der Waals surface area (Å²) in [5.74, 6) is -0.926. The van der Waals surface area contributed by atoms with Crippen molar-refractivity contribution >= 4 is 17.9 Å². The average molecular weight is 879 g/mol. The molecule has 0 fully saturated rings. The number of carbonyl (C=O) groups excluding carboxylic acids is 3. The monoisotopic (exact) mass is 879 g/mol. The van der Waals surface area contributed by atoms with E-state index < -0.39 is 6.10 Å². The van der Waals surface area contributed by atoms with Crippen LogP contribution in [-0.4, -0.2) is 37.2 Å². The Balaban J connectivity index is 4.43. The van der Waals surface area contributed by atoms with Crippen LogP contribution in [0.3, 0.4) is 0 Å². The maximum atomic E-state index is 12.8. The number of hydrogen-bond donors (Lipinski definition) is 0. The van der Waals surface area contributed by atoms with Crippen LogP contribution >= 0.6 is 0 Å². The van der Waals surface area contributed by atoms with E-state index in [1.165, 1.54) is 103 Å². The fraction of sp³-hybridized carbons (Fsp3) is 0.737. The highest BCUT2D eigenvalue weighted by atomic mass is 16.6. The van der Waals surface area contributed by atoms with Crippen molar-refractivity contribution in [3.63, 3.8) is 0 Å². The lowest BCUT2D eigenvalue weighted by Gasteiger charge is -2.18. The number of esters is 3. The molecule has 0 aliphatic heterocycles. The van der Waals surface area contributed by atoms with Gasteiger partial charge >= 0.3 is 17.9 Å². The van der Waals surface area contributed by atoms with Gasteiger partial charge in [-0.25, -0.2) is 0 Å². The third-order valence-corrected chi connectivity index (χ3v) is 11.2. The van der Waals surface area contributed by atoms with Crippen LogP contribution in [0.15, 0.2) is 72.9 Å². The summed E-state index contributed by atoms with van der Waals surface area (Å²) >= 11 is 0. The largest absolute Gasteiger partial charge is 0.462 e. The number of rotatable bonds is 47. The quantitative estimate of drug-likeness (QED) is 0.0262. The minimum Gasteiger partial charge on any atom is -0.462 e. The van der Waals surface area contributed by atoms with Gasteiger partial charge in [0, 0.05) is 19.3 Å². The number of allylic oxidation sites excluding steroid dienone is 12. The first-order chi connectivity index (χ1) is 31.0. The van der Waals surface area contributed by atoms with Gasteiger partial charge in [0.2, 0.25) is 0 Å². The van der Waals surface area contributed by atoms with Crippen molar-refractivity contribution in [2.24, 2.45) is 0 Å². The van der Waals surface area contributed by atoms with Gasteiger partial charge in [-0.05, 0) is 89.9 Å². The molecular weight excluding hydrogens is 781 g/mol. The second-order valence-corrected chi connectivity index (χ2v) is 17.4. The number of unbranched alkanes of at least 4 members (excludes halogenated alkanes) is 24. The van der Waals surface area contributed by atoms with Gasteiger partial charge in [0.15, 0.2) is 6.10 Å². The van der Waals surface area contributed by atoms with Crippen LogP contribution in [0.4, 0.5) is 0 Å². The third-order valence-electron chi connectivity index (χ3n) is 11.2. The molecule has 6 heteroatoms. The minimum atomic E-state index is -0.791. The highest BCUT2D eigenvalue weighted by Crippen LogP contribution is 2.15. The normalized spacial score (nSPS) is 12.6. The Bertz CT molecular complexity index is 1190. The van der Waals surface area contributed by atoms with E-state index in [2.05, 4.69) is 93.7 Å². The summed E-state index contributed by atoms with van der Waals surface area (Å²) in [6.07, 6.45) is 64.5. The van der Waals surface area contributed by atoms with E-state index in [4.69, 9.17) is 14.2 Å². The van der Waals surface area contributed by atoms with Crippen molar-refractivity contribution in [1.82, 2.24) is 0 Å². The van der Waals surface area contributed by atoms with Crippen LogP contribution in [0.2, 0.25) is 0 Å². The Morgan fingerprint density at radius 1 is 0.333 bits per heavy atom. The molecular formula is C57H98O6. The molecule has 362 valence electrons. The summed E-state index contributed by atoms with van der Waals surface area (Å²) < 4.78 is 16.8. The zero-order valence-electron chi connectivity index (χ0n) is 41.3. The van der Waals surface area contributed by atoms with Crippen LogP contribution in [0.1, 0.15) is 252 Å². The molecule has 0 aromatic heterocycles. The van der Waals surface area contributed by atoms with Gasteiger partial charge in [-0.1, -0.05) is 216 Å². The Labute approximate surface area is 389 Å². The molecule has 0 aromatic rings. The van der Waals surface area contributed by atoms with E-state index in [0.717, 1.165) is 109 Å². The van der Waals surface area contributed by atoms with Gasteiger partial charge in [0.1, 0.15) is 13.2 Å². The fourth-order valence-corrected chi connectivity index (χ4v) is 7.23. The SMILES string of the molecule is CC/C=C\C/C=C\C/C=C\C/C=C\C/C=C\CCCCCC(=O)OCC(COC(=O)CCCCCCCCCCCCCCC)OC(=O)CCCCCCC/C=C\CCCCCC. The van der Waals surface area contributed by atoms with E-state index in [9.17, 15) is 14.4 Å². The third kappa shape index (κ3) is 49.7. The summed E-state index contributed by atoms with van der Waals surface area (Å²) in [7, 11) is 0. The first-order valence-electron chi connectivity index (χ1n) is 26.4. The van der Waals surface area contributed by atoms with E-state index in [1.54, 1.807) is 0 Å². The topological polar surface area (TPSA) is 78.9 Å². The summed E-state index contributed by atoms with van der Waals surface area (Å²) in [6, 6.07) is 0. The molecule has 1 atom stereocenters. The highest BCUT2D eigenvalue weighted by Gasteiger charge is 2.19. The van der Waals surface area contributed by atoms with E-state index in [0.29, 0.717) is 19.3 Å². The Morgan fingerprint density at radius 3 is 1.02 bits per heavy atom. The molecule has 0 saturated heterocycles. The molecule has 0 bridgehead atoms. The molecule has 0 N–H and O–H groups in total. The molecule has 0 amide bonds. The van der Waals surface area contributed by atoms with Crippen molar-refractivity contribution in [3.05, 3.63) is 72.9 Å². The lowest BCUT2D eigenvalue weighted by Crippen LogP contribution is -2.30. The van der Waals surface area contributed by atoms with E-state index in [1.807, 2.05) is 0 Å². The van der Waals surface area contributed by atoms with Gasteiger partial charge in [0.25, 0.3) is 0 Å². The number of carbonyl (C=O) groups is 3. The predicted octanol–water partition coefficient (Wildman–Crippen LogP) is 17.4. The second kappa shape index (κ2) is 51.5. The summed E-state index contributed by atoms with van der Waals surface area (Å²) in [5, 5.41) is 0. The van der Waals surface area contributed by atoms with E-state index >= 15 is 0 Å². The highest BCUT2D eigenvalue weighted by molar-refractivity contribution is 5.71. The van der Waals surface area contributed by atoms with Crippen molar-refractivity contribution < 1.29 is 28.6 Å². The zero-order chi connectivity index (χ0) is 45.8. The fourth-order valence-electron chi connectivity index (χ4n) is 7.23. The molecule has 0 spiro atoms. The lowest BCUT2D eigenvalue weighted by atomic mass is 10.0. The van der Waals surface area contributed by atoms with Crippen LogP contribution in [-0.2, 0) is 28.6 Å². The first kappa shape index (κ1) is 59.9. The molecule has 63 heavy (non-hydrogen) atoms. The summed E-state index contributed by atoms with van der Waals surface area (Å²) in [6.45, 7) is 6.48. The van der Waals surface area contributed by atoms with Crippen LogP contribution in [0, 0.1) is 0 Å². The summed E-state index contributed by atoms with van der Waals surface area (Å²) in [4.78, 5) is 38.0. The van der Waals surface area contributed by atoms with Gasteiger partial charge in [-0.15, -0.1) is 0 Å². The molecule has 1 unspecified atom stereocenters. The Kier molecular flexibility index (Phi) is 48.9. The van der Waals surface area contributed by atoms with Gasteiger partial charge in [-0.3, -0.25) is 14.4 Å². The number of hydrogen-bond acceptors (Lipinski definition) is 6. The zero-order valence-corrected chi connectivity index (χ0v) is 41.3. The Hall–Kier alpha value is -3.15. The average Bonchev–Trinajstić information content (AvgIpc) is 3.28. The van der Waals surface area contributed by atoms with Crippen molar-refractivity contribution in [3.8, 4) is 0 Å². The van der Waals surface area contributed by atoms with Gasteiger partial charge in [-0.2, -0.15) is 0 Å². The molecule has 0 heterocycles. The second-order valence-electron chi connectivity index (χ2n) is 17.4. The predicted molar refractivity (Wildman–Crippen MR) is 270 cm³/mol. The maximum Gasteiger partial charge on any atom is 0.306 e. The van der Waals surface area contributed by atoms with Crippen molar-refractivity contribution in [1.29, 1.82) is 0 Å². The standard InChI is InChI=1S/C57H98O6/c1-4-7-10-13-16-19-22-25-26-27-28-29-30-33-35-38-41-44-47-50-56(59)62-53-54(63-57(60)51-48-45-42-39-36-32-24-21-18-15-12-9-6-3)52-61-55(58)49-46-43-40-37-34-31-23-20-17-14-11-8-5-2/h7,10,16,19,21,24-26,28-29,33,35,54H,4-6,8-9,11-15,17-18,20,22-23,27,30-32,34,36-53H2,1-3H3/b10-7-,19-16-,24-21-,26-25-,29-28-,35-33-. The lowest BCUT2D eigenvalue weighted by molar-refractivity contribution is -0.167. The van der Waals surface area contributed by atoms with Gasteiger partial charge < -0.3 is 14.2 Å². The molecule has 0 saturated carbocycles. The van der Waals surface area contributed by atoms with Gasteiger partial charge in [0.05, 0.1) is 0 Å². The van der Waals surface area contributed by atoms with Crippen LogP contribution in [0.25, 0.3) is 0 Å². The number of ether oxygens (including phenoxy) is 3. The molecule has 0 aliphatic rings. The smallest absolute Gasteiger partial charge is 0.306 e. The van der Waals surface area contributed by atoms with Crippen molar-refractivity contribution in [2.75, 3.05) is 13.2 Å². The minimum absolute atomic E-state index is 0.0876. The van der Waals surface area contributed by atoms with E-state index in [-0.39, 0.29) is 31.1 Å². The molecule has 0 aromatic carbocycles. The molecule has 0 radical (unpaired) electrons.